The van der Waals surface area contributed by atoms with E-state index in [1.807, 2.05) is 36.4 Å². The Morgan fingerprint density at radius 2 is 1.31 bits per heavy atom. The molecule has 3 aromatic carbocycles. The van der Waals surface area contributed by atoms with Crippen LogP contribution in [0.4, 0.5) is 10.7 Å². The van der Waals surface area contributed by atoms with Crippen LogP contribution in [-0.2, 0) is 6.54 Å². The first kappa shape index (κ1) is 25.1. The predicted molar refractivity (Wildman–Crippen MR) is 153 cm³/mol. The third-order valence-electron chi connectivity index (χ3n) is 6.42. The molecule has 0 amide bonds. The zero-order valence-corrected chi connectivity index (χ0v) is 22.5. The lowest BCUT2D eigenvalue weighted by molar-refractivity contribution is 0.103. The second-order valence-corrected chi connectivity index (χ2v) is 11.1. The Morgan fingerprint density at radius 1 is 0.778 bits per heavy atom. The Kier molecular flexibility index (Phi) is 7.56. The summed E-state index contributed by atoms with van der Waals surface area (Å²) in [7, 11) is 0. The first-order valence-electron chi connectivity index (χ1n) is 11.6. The number of thiophene rings is 1. The molecule has 1 aliphatic heterocycles. The average molecular weight is 557 g/mol. The smallest absolute Gasteiger partial charge is 0.196 e. The molecule has 0 unspecified atom stereocenters. The number of nitrogen functional groups attached to an aromatic ring is 1. The van der Waals surface area contributed by atoms with Gasteiger partial charge >= 0.3 is 0 Å². The van der Waals surface area contributed by atoms with Gasteiger partial charge in [-0.15, -0.1) is 11.3 Å². The average Bonchev–Trinajstić information content (AvgIpc) is 3.21. The topological polar surface area (TPSA) is 49.6 Å². The summed E-state index contributed by atoms with van der Waals surface area (Å²) in [5, 5.41) is 2.51. The molecular formula is C28H24Cl3N3OS. The van der Waals surface area contributed by atoms with Gasteiger partial charge in [0.1, 0.15) is 0 Å². The van der Waals surface area contributed by atoms with Crippen LogP contribution in [0.5, 0.6) is 0 Å². The van der Waals surface area contributed by atoms with Gasteiger partial charge in [-0.25, -0.2) is 0 Å². The van der Waals surface area contributed by atoms with Gasteiger partial charge in [-0.2, -0.15) is 0 Å². The number of halogens is 3. The Morgan fingerprint density at radius 3 is 1.89 bits per heavy atom. The van der Waals surface area contributed by atoms with E-state index in [1.165, 1.54) is 17.0 Å². The molecular weight excluding hydrogens is 533 g/mol. The van der Waals surface area contributed by atoms with Crippen LogP contribution in [0.2, 0.25) is 15.1 Å². The third-order valence-corrected chi connectivity index (χ3v) is 8.29. The Balaban J connectivity index is 1.44. The summed E-state index contributed by atoms with van der Waals surface area (Å²) in [6.07, 6.45) is 0. The highest BCUT2D eigenvalue weighted by Gasteiger charge is 2.27. The van der Waals surface area contributed by atoms with Crippen molar-refractivity contribution in [3.8, 4) is 10.4 Å². The van der Waals surface area contributed by atoms with Crippen LogP contribution in [0.1, 0.15) is 21.5 Å². The van der Waals surface area contributed by atoms with Crippen LogP contribution in [0.15, 0.2) is 72.8 Å². The molecule has 1 aliphatic rings. The number of rotatable bonds is 6. The highest BCUT2D eigenvalue weighted by atomic mass is 35.5. The van der Waals surface area contributed by atoms with Gasteiger partial charge in [0.2, 0.25) is 0 Å². The van der Waals surface area contributed by atoms with Crippen molar-refractivity contribution < 1.29 is 4.79 Å². The van der Waals surface area contributed by atoms with Crippen molar-refractivity contribution in [3.63, 3.8) is 0 Å². The van der Waals surface area contributed by atoms with Crippen molar-refractivity contribution in [2.75, 3.05) is 36.8 Å². The number of nitrogens with two attached hydrogens (primary N) is 1. The first-order chi connectivity index (χ1) is 17.4. The van der Waals surface area contributed by atoms with E-state index < -0.39 is 0 Å². The number of anilines is 2. The summed E-state index contributed by atoms with van der Waals surface area (Å²) in [6.45, 7) is 4.14. The van der Waals surface area contributed by atoms with Crippen molar-refractivity contribution in [2.24, 2.45) is 0 Å². The fraction of sp³-hybridized carbons (Fsp3) is 0.179. The number of carbonyl (C=O) groups excluding carboxylic acids is 1. The summed E-state index contributed by atoms with van der Waals surface area (Å²) >= 11 is 19.7. The van der Waals surface area contributed by atoms with Gasteiger partial charge in [0, 0.05) is 63.9 Å². The summed E-state index contributed by atoms with van der Waals surface area (Å²) in [5.41, 5.74) is 10.8. The molecule has 36 heavy (non-hydrogen) atoms. The highest BCUT2D eigenvalue weighted by molar-refractivity contribution is 7.20. The van der Waals surface area contributed by atoms with Gasteiger partial charge in [0.05, 0.1) is 10.6 Å². The zero-order valence-electron chi connectivity index (χ0n) is 19.4. The van der Waals surface area contributed by atoms with E-state index in [0.29, 0.717) is 32.7 Å². The minimum Gasteiger partial charge on any atom is -0.390 e. The molecule has 0 aliphatic carbocycles. The summed E-state index contributed by atoms with van der Waals surface area (Å²) < 4.78 is 0. The molecule has 1 aromatic heterocycles. The molecule has 4 aromatic rings. The molecule has 0 bridgehead atoms. The van der Waals surface area contributed by atoms with Gasteiger partial charge in [-0.05, 0) is 71.8 Å². The summed E-state index contributed by atoms with van der Waals surface area (Å²) in [5.74, 6) is -0.0876. The molecule has 1 fully saturated rings. The Bertz CT molecular complexity index is 1360. The molecule has 1 saturated heterocycles. The molecule has 0 spiro atoms. The van der Waals surface area contributed by atoms with Crippen molar-refractivity contribution in [3.05, 3.63) is 105 Å². The normalized spacial score (nSPS) is 14.2. The minimum atomic E-state index is -0.0876. The van der Waals surface area contributed by atoms with Gasteiger partial charge < -0.3 is 10.6 Å². The monoisotopic (exact) mass is 555 g/mol. The second kappa shape index (κ2) is 10.8. The van der Waals surface area contributed by atoms with E-state index in [2.05, 4.69) is 21.9 Å². The van der Waals surface area contributed by atoms with E-state index in [-0.39, 0.29) is 5.78 Å². The van der Waals surface area contributed by atoms with E-state index in [9.17, 15) is 4.79 Å². The second-order valence-electron chi connectivity index (χ2n) is 8.73. The van der Waals surface area contributed by atoms with Crippen molar-refractivity contribution in [1.29, 1.82) is 0 Å². The van der Waals surface area contributed by atoms with Crippen molar-refractivity contribution in [1.82, 2.24) is 4.90 Å². The quantitative estimate of drug-likeness (QED) is 0.250. The van der Waals surface area contributed by atoms with E-state index >= 15 is 0 Å². The standard InChI is InChI=1S/C28H24Cl3N3OS/c29-20-5-1-18(2-6-20)26(35)25-24(27(36-28(25)32)19-3-7-21(30)8-4-19)17-33-13-15-34(16-14-33)23-11-9-22(31)10-12-23/h1-12H,13-17,32H2. The Hall–Kier alpha value is -2.54. The van der Waals surface area contributed by atoms with Crippen LogP contribution in [0.3, 0.4) is 0 Å². The SMILES string of the molecule is Nc1sc(-c2ccc(Cl)cc2)c(CN2CCN(c3ccc(Cl)cc3)CC2)c1C(=O)c1ccc(Cl)cc1. The van der Waals surface area contributed by atoms with Gasteiger partial charge in [-0.3, -0.25) is 9.69 Å². The van der Waals surface area contributed by atoms with Gasteiger partial charge in [0.15, 0.2) is 5.78 Å². The summed E-state index contributed by atoms with van der Waals surface area (Å²) in [6, 6.07) is 22.6. The number of nitrogens with zero attached hydrogens (tertiary/aromatic N) is 2. The third kappa shape index (κ3) is 5.41. The molecule has 4 nitrogen and oxygen atoms in total. The fourth-order valence-electron chi connectivity index (χ4n) is 4.50. The number of hydrogen-bond acceptors (Lipinski definition) is 5. The van der Waals surface area contributed by atoms with Gasteiger partial charge in [0.25, 0.3) is 0 Å². The molecule has 8 heteroatoms. The molecule has 0 atom stereocenters. The lowest BCUT2D eigenvalue weighted by Gasteiger charge is -2.36. The van der Waals surface area contributed by atoms with Crippen LogP contribution in [-0.4, -0.2) is 36.9 Å². The summed E-state index contributed by atoms with van der Waals surface area (Å²) in [4.78, 5) is 19.4. The predicted octanol–water partition coefficient (Wildman–Crippen LogP) is 7.51. The maximum atomic E-state index is 13.6. The maximum Gasteiger partial charge on any atom is 0.196 e. The molecule has 5 rings (SSSR count). The zero-order chi connectivity index (χ0) is 25.2. The van der Waals surface area contributed by atoms with Crippen LogP contribution in [0.25, 0.3) is 10.4 Å². The number of piperazine rings is 1. The largest absolute Gasteiger partial charge is 0.390 e. The lowest BCUT2D eigenvalue weighted by Crippen LogP contribution is -2.46. The van der Waals surface area contributed by atoms with Crippen LogP contribution in [0, 0.1) is 0 Å². The number of benzene rings is 3. The van der Waals surface area contributed by atoms with Crippen molar-refractivity contribution in [2.45, 2.75) is 6.54 Å². The number of ketones is 1. The minimum absolute atomic E-state index is 0.0876. The molecule has 0 radical (unpaired) electrons. The number of carbonyl (C=O) groups is 1. The maximum absolute atomic E-state index is 13.6. The fourth-order valence-corrected chi connectivity index (χ4v) is 5.96. The highest BCUT2D eigenvalue weighted by Crippen LogP contribution is 2.41. The van der Waals surface area contributed by atoms with Gasteiger partial charge in [-0.1, -0.05) is 46.9 Å². The van der Waals surface area contributed by atoms with Crippen LogP contribution >= 0.6 is 46.1 Å². The Labute approximate surface area is 229 Å². The molecule has 2 N–H and O–H groups in total. The lowest BCUT2D eigenvalue weighted by atomic mass is 9.97. The first-order valence-corrected chi connectivity index (χ1v) is 13.5. The van der Waals surface area contributed by atoms with E-state index in [1.54, 1.807) is 24.3 Å². The number of hydrogen-bond donors (Lipinski definition) is 1. The van der Waals surface area contributed by atoms with E-state index in [0.717, 1.165) is 47.2 Å². The molecule has 184 valence electrons. The molecule has 0 saturated carbocycles. The van der Waals surface area contributed by atoms with Crippen molar-refractivity contribution >= 4 is 62.6 Å². The van der Waals surface area contributed by atoms with Crippen LogP contribution < -0.4 is 10.6 Å². The van der Waals surface area contributed by atoms with E-state index in [4.69, 9.17) is 40.5 Å². The molecule has 2 heterocycles.